The van der Waals surface area contributed by atoms with Crippen molar-refractivity contribution in [2.45, 2.75) is 6.61 Å². The summed E-state index contributed by atoms with van der Waals surface area (Å²) < 4.78 is 17.6. The Morgan fingerprint density at radius 1 is 1.00 bits per heavy atom. The Morgan fingerprint density at radius 3 is 2.52 bits per heavy atom. The fraction of sp³-hybridized carbons (Fsp3) is 0.0476. The zero-order chi connectivity index (χ0) is 20.4. The summed E-state index contributed by atoms with van der Waals surface area (Å²) >= 11 is 3.36. The molecule has 0 aliphatic carbocycles. The van der Waals surface area contributed by atoms with E-state index in [2.05, 4.69) is 21.2 Å². The molecular weight excluding hydrogens is 440 g/mol. The number of halogens is 1. The molecule has 2 heterocycles. The van der Waals surface area contributed by atoms with Crippen molar-refractivity contribution in [1.29, 1.82) is 0 Å². The third-order valence-electron chi connectivity index (χ3n) is 4.14. The third kappa shape index (κ3) is 4.02. The summed E-state index contributed by atoms with van der Waals surface area (Å²) in [5.74, 6) is -0.213. The number of hydrogen-bond acceptors (Lipinski definition) is 5. The van der Waals surface area contributed by atoms with Crippen molar-refractivity contribution in [1.82, 2.24) is 0 Å². The average Bonchev–Trinajstić information content (AvgIpc) is 3.33. The van der Waals surface area contributed by atoms with Crippen molar-refractivity contribution in [3.63, 3.8) is 0 Å². The van der Waals surface area contributed by atoms with E-state index in [4.69, 9.17) is 19.3 Å². The Kier molecular flexibility index (Phi) is 5.09. The van der Waals surface area contributed by atoms with E-state index < -0.39 is 11.8 Å². The summed E-state index contributed by atoms with van der Waals surface area (Å²) in [5.41, 5.74) is 6.03. The van der Waals surface area contributed by atoms with Crippen LogP contribution >= 0.6 is 15.9 Å². The number of furan rings is 2. The molecule has 0 aliphatic rings. The standard InChI is InChI=1S/C21H15BrN2O5/c22-12-5-7-13(8-6-12)27-11-14-9-10-17(28-14)21(26)24-18-15-3-1-2-4-16(15)29-19(18)20(23)25/h1-10H,11H2,(H2,23,25)(H,24,26). The van der Waals surface area contributed by atoms with Gasteiger partial charge in [-0.1, -0.05) is 28.1 Å². The van der Waals surface area contributed by atoms with Crippen LogP contribution < -0.4 is 15.8 Å². The zero-order valence-corrected chi connectivity index (χ0v) is 16.6. The number of nitrogens with one attached hydrogen (secondary N) is 1. The molecule has 0 bridgehead atoms. The fourth-order valence-corrected chi connectivity index (χ4v) is 3.05. The molecule has 3 N–H and O–H groups in total. The van der Waals surface area contributed by atoms with Gasteiger partial charge in [-0.05, 0) is 48.5 Å². The number of ether oxygens (including phenoxy) is 1. The summed E-state index contributed by atoms with van der Waals surface area (Å²) in [6.07, 6.45) is 0. The highest BCUT2D eigenvalue weighted by Gasteiger charge is 2.22. The number of primary amides is 1. The number of nitrogens with two attached hydrogens (primary N) is 1. The van der Waals surface area contributed by atoms with Gasteiger partial charge in [0.1, 0.15) is 29.4 Å². The molecule has 0 radical (unpaired) electrons. The van der Waals surface area contributed by atoms with Crippen molar-refractivity contribution in [2.24, 2.45) is 5.73 Å². The number of anilines is 1. The number of rotatable bonds is 6. The van der Waals surface area contributed by atoms with Crippen LogP contribution in [-0.4, -0.2) is 11.8 Å². The minimum Gasteiger partial charge on any atom is -0.486 e. The number of para-hydroxylation sites is 1. The highest BCUT2D eigenvalue weighted by atomic mass is 79.9. The van der Waals surface area contributed by atoms with Gasteiger partial charge < -0.3 is 24.6 Å². The Balaban J connectivity index is 1.50. The van der Waals surface area contributed by atoms with Crippen LogP contribution in [0.1, 0.15) is 26.9 Å². The predicted octanol–water partition coefficient (Wildman–Crippen LogP) is 4.72. The molecule has 8 heteroatoms. The molecule has 0 spiro atoms. The second-order valence-electron chi connectivity index (χ2n) is 6.13. The number of hydrogen-bond donors (Lipinski definition) is 2. The number of fused-ring (bicyclic) bond motifs is 1. The Bertz CT molecular complexity index is 1190. The molecule has 0 saturated carbocycles. The van der Waals surface area contributed by atoms with Crippen molar-refractivity contribution in [3.8, 4) is 5.75 Å². The van der Waals surface area contributed by atoms with Gasteiger partial charge in [0.05, 0.1) is 0 Å². The molecular formula is C21H15BrN2O5. The van der Waals surface area contributed by atoms with Crippen LogP contribution in [0.25, 0.3) is 11.0 Å². The van der Waals surface area contributed by atoms with Gasteiger partial charge in [0.15, 0.2) is 5.76 Å². The molecule has 2 aromatic carbocycles. The fourth-order valence-electron chi connectivity index (χ4n) is 2.78. The molecule has 0 atom stereocenters. The molecule has 7 nitrogen and oxygen atoms in total. The maximum absolute atomic E-state index is 12.6. The van der Waals surface area contributed by atoms with Gasteiger partial charge in [-0.15, -0.1) is 0 Å². The van der Waals surface area contributed by atoms with E-state index in [1.165, 1.54) is 6.07 Å². The SMILES string of the molecule is NC(=O)c1oc2ccccc2c1NC(=O)c1ccc(COc2ccc(Br)cc2)o1. The van der Waals surface area contributed by atoms with Crippen LogP contribution in [-0.2, 0) is 6.61 Å². The van der Waals surface area contributed by atoms with Crippen LogP contribution in [0.15, 0.2) is 74.0 Å². The first-order chi connectivity index (χ1) is 14.0. The molecule has 0 fully saturated rings. The number of carbonyl (C=O) groups excluding carboxylic acids is 2. The number of carbonyl (C=O) groups is 2. The maximum Gasteiger partial charge on any atom is 0.291 e. The van der Waals surface area contributed by atoms with E-state index in [-0.39, 0.29) is 23.8 Å². The van der Waals surface area contributed by atoms with Crippen LogP contribution in [0, 0.1) is 0 Å². The minimum atomic E-state index is -0.778. The van der Waals surface area contributed by atoms with E-state index in [9.17, 15) is 9.59 Å². The van der Waals surface area contributed by atoms with Crippen LogP contribution in [0.4, 0.5) is 5.69 Å². The van der Waals surface area contributed by atoms with Crippen LogP contribution in [0.5, 0.6) is 5.75 Å². The molecule has 4 aromatic rings. The second kappa shape index (κ2) is 7.84. The predicted molar refractivity (Wildman–Crippen MR) is 110 cm³/mol. The van der Waals surface area contributed by atoms with Crippen molar-refractivity contribution >= 4 is 44.4 Å². The molecule has 2 aromatic heterocycles. The molecule has 0 saturated heterocycles. The normalized spacial score (nSPS) is 10.8. The molecule has 0 aliphatic heterocycles. The maximum atomic E-state index is 12.6. The summed E-state index contributed by atoms with van der Waals surface area (Å²) in [6.45, 7) is 0.163. The van der Waals surface area contributed by atoms with Gasteiger partial charge in [-0.3, -0.25) is 9.59 Å². The van der Waals surface area contributed by atoms with Gasteiger partial charge in [0.25, 0.3) is 11.8 Å². The highest BCUT2D eigenvalue weighted by molar-refractivity contribution is 9.10. The van der Waals surface area contributed by atoms with E-state index in [1.807, 2.05) is 24.3 Å². The first-order valence-corrected chi connectivity index (χ1v) is 9.40. The van der Waals surface area contributed by atoms with E-state index >= 15 is 0 Å². The Labute approximate surface area is 173 Å². The summed E-state index contributed by atoms with van der Waals surface area (Å²) in [6, 6.07) is 17.5. The number of benzene rings is 2. The van der Waals surface area contributed by atoms with Crippen molar-refractivity contribution < 1.29 is 23.2 Å². The number of amides is 2. The lowest BCUT2D eigenvalue weighted by molar-refractivity contribution is 0.0977. The van der Waals surface area contributed by atoms with Crippen LogP contribution in [0.3, 0.4) is 0 Å². The Morgan fingerprint density at radius 2 is 1.76 bits per heavy atom. The first kappa shape index (κ1) is 18.8. The average molecular weight is 455 g/mol. The molecule has 4 rings (SSSR count). The van der Waals surface area contributed by atoms with Gasteiger partial charge in [-0.25, -0.2) is 0 Å². The largest absolute Gasteiger partial charge is 0.486 e. The summed E-state index contributed by atoms with van der Waals surface area (Å²) in [5, 5.41) is 3.22. The lowest BCUT2D eigenvalue weighted by atomic mass is 10.2. The van der Waals surface area contributed by atoms with Crippen molar-refractivity contribution in [3.05, 3.63) is 82.4 Å². The molecule has 2 amide bonds. The molecule has 146 valence electrons. The van der Waals surface area contributed by atoms with E-state index in [1.54, 1.807) is 30.3 Å². The van der Waals surface area contributed by atoms with E-state index in [0.717, 1.165) is 4.47 Å². The molecule has 29 heavy (non-hydrogen) atoms. The highest BCUT2D eigenvalue weighted by Crippen LogP contribution is 2.31. The lowest BCUT2D eigenvalue weighted by Gasteiger charge is -2.04. The molecule has 0 unspecified atom stereocenters. The zero-order valence-electron chi connectivity index (χ0n) is 15.0. The minimum absolute atomic E-state index is 0.0695. The van der Waals surface area contributed by atoms with Gasteiger partial charge in [0, 0.05) is 9.86 Å². The van der Waals surface area contributed by atoms with E-state index in [0.29, 0.717) is 22.5 Å². The van der Waals surface area contributed by atoms with Gasteiger partial charge >= 0.3 is 0 Å². The summed E-state index contributed by atoms with van der Waals surface area (Å²) in [7, 11) is 0. The monoisotopic (exact) mass is 454 g/mol. The summed E-state index contributed by atoms with van der Waals surface area (Å²) in [4.78, 5) is 24.3. The van der Waals surface area contributed by atoms with Gasteiger partial charge in [0.2, 0.25) is 5.76 Å². The van der Waals surface area contributed by atoms with Crippen molar-refractivity contribution in [2.75, 3.05) is 5.32 Å². The third-order valence-corrected chi connectivity index (χ3v) is 4.67. The second-order valence-corrected chi connectivity index (χ2v) is 7.04. The van der Waals surface area contributed by atoms with Crippen LogP contribution in [0.2, 0.25) is 0 Å². The van der Waals surface area contributed by atoms with Gasteiger partial charge in [-0.2, -0.15) is 0 Å². The Hall–Kier alpha value is -3.52. The smallest absolute Gasteiger partial charge is 0.291 e. The lowest BCUT2D eigenvalue weighted by Crippen LogP contribution is -2.16. The topological polar surface area (TPSA) is 108 Å². The quantitative estimate of drug-likeness (QED) is 0.438. The first-order valence-electron chi connectivity index (χ1n) is 8.61.